The van der Waals surface area contributed by atoms with Crippen LogP contribution in [0.1, 0.15) is 25.7 Å². The second-order valence-electron chi connectivity index (χ2n) is 5.48. The number of fused-ring (bicyclic) bond motifs is 1. The Morgan fingerprint density at radius 3 is 3.00 bits per heavy atom. The summed E-state index contributed by atoms with van der Waals surface area (Å²) in [5.41, 5.74) is 0.566. The van der Waals surface area contributed by atoms with E-state index >= 15 is 0 Å². The molecule has 0 spiro atoms. The average molecular weight is 264 g/mol. The van der Waals surface area contributed by atoms with Gasteiger partial charge in [0.05, 0.1) is 12.8 Å². The van der Waals surface area contributed by atoms with Crippen LogP contribution >= 0.6 is 0 Å². The molecular weight excluding hydrogens is 243 g/mol. The van der Waals surface area contributed by atoms with Crippen LogP contribution < -0.4 is 10.1 Å². The Bertz CT molecular complexity index is 452. The van der Waals surface area contributed by atoms with Gasteiger partial charge in [-0.1, -0.05) is 6.42 Å². The van der Waals surface area contributed by atoms with Crippen molar-refractivity contribution in [2.45, 2.75) is 37.8 Å². The fraction of sp³-hybridized carbons (Fsp3) is 0.600. The highest BCUT2D eigenvalue weighted by Gasteiger charge is 2.35. The van der Waals surface area contributed by atoms with Crippen molar-refractivity contribution in [3.8, 4) is 5.75 Å². The highest BCUT2D eigenvalue weighted by Crippen LogP contribution is 2.31. The molecule has 0 bridgehead atoms. The smallest absolute Gasteiger partial charge is 0.146 e. The number of hydrogen-bond acceptors (Lipinski definition) is 3. The Balaban J connectivity index is 1.74. The Hall–Kier alpha value is -1.29. The van der Waals surface area contributed by atoms with Crippen molar-refractivity contribution in [2.24, 2.45) is 0 Å². The van der Waals surface area contributed by atoms with Gasteiger partial charge >= 0.3 is 0 Å². The SMILES string of the molecule is COc1ccc(F)c(NC2CCN3CCCCC23)c1. The first-order valence-electron chi connectivity index (χ1n) is 7.12. The molecule has 1 N–H and O–H groups in total. The van der Waals surface area contributed by atoms with E-state index in [1.54, 1.807) is 19.2 Å². The molecule has 0 amide bonds. The Labute approximate surface area is 113 Å². The van der Waals surface area contributed by atoms with Crippen LogP contribution in [0.3, 0.4) is 0 Å². The summed E-state index contributed by atoms with van der Waals surface area (Å²) in [5, 5.41) is 3.39. The Kier molecular flexibility index (Phi) is 3.60. The van der Waals surface area contributed by atoms with Gasteiger partial charge in [-0.2, -0.15) is 0 Å². The molecule has 0 aliphatic carbocycles. The Morgan fingerprint density at radius 1 is 1.26 bits per heavy atom. The van der Waals surface area contributed by atoms with E-state index in [4.69, 9.17) is 4.74 Å². The van der Waals surface area contributed by atoms with Crippen molar-refractivity contribution in [1.29, 1.82) is 0 Å². The lowest BCUT2D eigenvalue weighted by Crippen LogP contribution is -2.41. The summed E-state index contributed by atoms with van der Waals surface area (Å²) in [6, 6.07) is 5.80. The number of rotatable bonds is 3. The predicted molar refractivity (Wildman–Crippen MR) is 74.2 cm³/mol. The highest BCUT2D eigenvalue weighted by molar-refractivity contribution is 5.50. The van der Waals surface area contributed by atoms with Crippen LogP contribution in [0, 0.1) is 5.82 Å². The lowest BCUT2D eigenvalue weighted by Gasteiger charge is -2.33. The molecule has 2 heterocycles. The minimum absolute atomic E-state index is 0.199. The molecule has 3 rings (SSSR count). The van der Waals surface area contributed by atoms with E-state index in [1.807, 2.05) is 0 Å². The zero-order valence-corrected chi connectivity index (χ0v) is 11.4. The van der Waals surface area contributed by atoms with Crippen LogP contribution in [0.2, 0.25) is 0 Å². The van der Waals surface area contributed by atoms with Crippen LogP contribution in [0.5, 0.6) is 5.75 Å². The van der Waals surface area contributed by atoms with Gasteiger partial charge in [0.2, 0.25) is 0 Å². The van der Waals surface area contributed by atoms with Crippen molar-refractivity contribution >= 4 is 5.69 Å². The lowest BCUT2D eigenvalue weighted by atomic mass is 9.99. The summed E-state index contributed by atoms with van der Waals surface area (Å²) >= 11 is 0. The monoisotopic (exact) mass is 264 g/mol. The second-order valence-corrected chi connectivity index (χ2v) is 5.48. The van der Waals surface area contributed by atoms with Gasteiger partial charge in [-0.05, 0) is 37.9 Å². The zero-order valence-electron chi connectivity index (χ0n) is 11.4. The molecule has 2 fully saturated rings. The van der Waals surface area contributed by atoms with Crippen LogP contribution in [0.25, 0.3) is 0 Å². The number of nitrogens with zero attached hydrogens (tertiary/aromatic N) is 1. The fourth-order valence-corrected chi connectivity index (χ4v) is 3.36. The van der Waals surface area contributed by atoms with Crippen molar-refractivity contribution in [3.05, 3.63) is 24.0 Å². The van der Waals surface area contributed by atoms with E-state index in [0.717, 1.165) is 13.0 Å². The molecule has 3 nitrogen and oxygen atoms in total. The molecule has 2 aliphatic heterocycles. The minimum Gasteiger partial charge on any atom is -0.497 e. The molecule has 4 heteroatoms. The predicted octanol–water partition coefficient (Wildman–Crippen LogP) is 2.87. The van der Waals surface area contributed by atoms with Crippen LogP contribution in [-0.2, 0) is 0 Å². The number of anilines is 1. The molecule has 2 unspecified atom stereocenters. The fourth-order valence-electron chi connectivity index (χ4n) is 3.36. The van der Waals surface area contributed by atoms with E-state index in [9.17, 15) is 4.39 Å². The third-order valence-electron chi connectivity index (χ3n) is 4.37. The molecule has 104 valence electrons. The summed E-state index contributed by atoms with van der Waals surface area (Å²) in [6.07, 6.45) is 4.92. The molecular formula is C15H21FN2O. The average Bonchev–Trinajstić information content (AvgIpc) is 2.85. The molecule has 1 aromatic carbocycles. The standard InChI is InChI=1S/C15H21FN2O/c1-19-11-5-6-12(16)14(10-11)17-13-7-9-18-8-3-2-4-15(13)18/h5-6,10,13,15,17H,2-4,7-9H2,1H3. The largest absolute Gasteiger partial charge is 0.497 e. The second kappa shape index (κ2) is 5.37. The number of nitrogens with one attached hydrogen (secondary N) is 1. The number of ether oxygens (including phenoxy) is 1. The van der Waals surface area contributed by atoms with E-state index < -0.39 is 0 Å². The molecule has 0 saturated carbocycles. The third-order valence-corrected chi connectivity index (χ3v) is 4.37. The van der Waals surface area contributed by atoms with E-state index in [-0.39, 0.29) is 5.82 Å². The van der Waals surface area contributed by atoms with E-state index in [1.165, 1.54) is 31.9 Å². The molecule has 2 atom stereocenters. The minimum atomic E-state index is -0.199. The number of hydrogen-bond donors (Lipinski definition) is 1. The first-order valence-corrected chi connectivity index (χ1v) is 7.12. The highest BCUT2D eigenvalue weighted by atomic mass is 19.1. The van der Waals surface area contributed by atoms with E-state index in [2.05, 4.69) is 10.2 Å². The first-order chi connectivity index (χ1) is 9.28. The summed E-state index contributed by atoms with van der Waals surface area (Å²) in [6.45, 7) is 2.33. The number of benzene rings is 1. The summed E-state index contributed by atoms with van der Waals surface area (Å²) < 4.78 is 19.0. The molecule has 2 aliphatic rings. The van der Waals surface area contributed by atoms with Crippen molar-refractivity contribution < 1.29 is 9.13 Å². The Morgan fingerprint density at radius 2 is 2.16 bits per heavy atom. The number of halogens is 1. The number of methoxy groups -OCH3 is 1. The van der Waals surface area contributed by atoms with Crippen LogP contribution in [0.15, 0.2) is 18.2 Å². The van der Waals surface area contributed by atoms with Gasteiger partial charge in [0.15, 0.2) is 0 Å². The van der Waals surface area contributed by atoms with Crippen LogP contribution in [0.4, 0.5) is 10.1 Å². The third kappa shape index (κ3) is 2.54. The summed E-state index contributed by atoms with van der Waals surface area (Å²) in [7, 11) is 1.61. The van der Waals surface area contributed by atoms with Crippen molar-refractivity contribution in [2.75, 3.05) is 25.5 Å². The van der Waals surface area contributed by atoms with Gasteiger partial charge in [0.1, 0.15) is 11.6 Å². The zero-order chi connectivity index (χ0) is 13.2. The summed E-state index contributed by atoms with van der Waals surface area (Å²) in [4.78, 5) is 2.54. The van der Waals surface area contributed by atoms with Crippen LogP contribution in [-0.4, -0.2) is 37.2 Å². The molecule has 0 radical (unpaired) electrons. The topological polar surface area (TPSA) is 24.5 Å². The van der Waals surface area contributed by atoms with E-state index in [0.29, 0.717) is 23.5 Å². The van der Waals surface area contributed by atoms with Gasteiger partial charge in [-0.3, -0.25) is 4.90 Å². The number of piperidine rings is 1. The van der Waals surface area contributed by atoms with Gasteiger partial charge in [0.25, 0.3) is 0 Å². The molecule has 1 aromatic rings. The van der Waals surface area contributed by atoms with Gasteiger partial charge < -0.3 is 10.1 Å². The molecule has 2 saturated heterocycles. The van der Waals surface area contributed by atoms with Gasteiger partial charge in [-0.15, -0.1) is 0 Å². The first kappa shape index (κ1) is 12.7. The maximum absolute atomic E-state index is 13.9. The van der Waals surface area contributed by atoms with Crippen molar-refractivity contribution in [3.63, 3.8) is 0 Å². The maximum atomic E-state index is 13.9. The van der Waals surface area contributed by atoms with Crippen molar-refractivity contribution in [1.82, 2.24) is 4.90 Å². The normalized spacial score (nSPS) is 27.1. The molecule has 19 heavy (non-hydrogen) atoms. The van der Waals surface area contributed by atoms with Gasteiger partial charge in [-0.25, -0.2) is 4.39 Å². The summed E-state index contributed by atoms with van der Waals surface area (Å²) in [5.74, 6) is 0.498. The van der Waals surface area contributed by atoms with Gasteiger partial charge in [0, 0.05) is 24.7 Å². The lowest BCUT2D eigenvalue weighted by molar-refractivity contribution is 0.192. The quantitative estimate of drug-likeness (QED) is 0.908. The molecule has 0 aromatic heterocycles. The maximum Gasteiger partial charge on any atom is 0.146 e.